The van der Waals surface area contributed by atoms with Gasteiger partial charge in [0.05, 0.1) is 18.8 Å². The molecule has 0 fully saturated rings. The van der Waals surface area contributed by atoms with E-state index in [-0.39, 0.29) is 17.9 Å². The minimum absolute atomic E-state index is 0.124. The van der Waals surface area contributed by atoms with Crippen molar-refractivity contribution in [1.29, 1.82) is 0 Å². The van der Waals surface area contributed by atoms with Crippen molar-refractivity contribution >= 4 is 22.8 Å². The highest BCUT2D eigenvalue weighted by molar-refractivity contribution is 7.98. The third-order valence-electron chi connectivity index (χ3n) is 3.28. The zero-order chi connectivity index (χ0) is 15.7. The number of rotatable bonds is 4. The Morgan fingerprint density at radius 1 is 1.41 bits per heavy atom. The van der Waals surface area contributed by atoms with Crippen LogP contribution in [-0.2, 0) is 6.54 Å². The minimum Gasteiger partial charge on any atom is -0.386 e. The second-order valence-electron chi connectivity index (χ2n) is 4.71. The molecule has 1 aromatic carbocycles. The van der Waals surface area contributed by atoms with Gasteiger partial charge in [0.1, 0.15) is 11.2 Å². The minimum atomic E-state index is -0.873. The molecule has 8 heteroatoms. The molecular weight excluding hydrogens is 307 g/mol. The SMILES string of the molecule is CSc1nc2c(cnn2CC(O)c2ccc(F)cc2)c(=O)[nH]1. The Morgan fingerprint density at radius 2 is 2.14 bits per heavy atom. The van der Waals surface area contributed by atoms with Gasteiger partial charge in [-0.15, -0.1) is 0 Å². The van der Waals surface area contributed by atoms with E-state index < -0.39 is 6.10 Å². The predicted octanol–water partition coefficient (Wildman–Crippen LogP) is 1.71. The number of nitrogens with one attached hydrogen (secondary N) is 1. The molecule has 0 bridgehead atoms. The maximum absolute atomic E-state index is 12.9. The van der Waals surface area contributed by atoms with Crippen molar-refractivity contribution in [1.82, 2.24) is 19.7 Å². The van der Waals surface area contributed by atoms with Crippen LogP contribution in [0.1, 0.15) is 11.7 Å². The molecule has 1 unspecified atom stereocenters. The van der Waals surface area contributed by atoms with Crippen molar-refractivity contribution in [3.05, 3.63) is 52.2 Å². The lowest BCUT2D eigenvalue weighted by Crippen LogP contribution is -2.13. The fraction of sp³-hybridized carbons (Fsp3) is 0.214. The fourth-order valence-corrected chi connectivity index (χ4v) is 2.50. The molecule has 2 N–H and O–H groups in total. The highest BCUT2D eigenvalue weighted by Gasteiger charge is 2.14. The first-order valence-electron chi connectivity index (χ1n) is 6.52. The van der Waals surface area contributed by atoms with Crippen LogP contribution in [0.5, 0.6) is 0 Å². The van der Waals surface area contributed by atoms with Gasteiger partial charge in [-0.1, -0.05) is 23.9 Å². The van der Waals surface area contributed by atoms with E-state index in [0.717, 1.165) is 0 Å². The number of aliphatic hydroxyl groups excluding tert-OH is 1. The summed E-state index contributed by atoms with van der Waals surface area (Å²) in [6.45, 7) is 0.124. The molecule has 114 valence electrons. The first-order valence-corrected chi connectivity index (χ1v) is 7.74. The number of aromatic nitrogens is 4. The monoisotopic (exact) mass is 320 g/mol. The second kappa shape index (κ2) is 5.90. The number of aliphatic hydroxyl groups is 1. The number of benzene rings is 1. The Hall–Kier alpha value is -2.19. The summed E-state index contributed by atoms with van der Waals surface area (Å²) in [4.78, 5) is 18.9. The van der Waals surface area contributed by atoms with E-state index in [1.807, 2.05) is 0 Å². The molecule has 6 nitrogen and oxygen atoms in total. The number of hydrogen-bond acceptors (Lipinski definition) is 5. The predicted molar refractivity (Wildman–Crippen MR) is 81.3 cm³/mol. The van der Waals surface area contributed by atoms with Crippen molar-refractivity contribution < 1.29 is 9.50 Å². The largest absolute Gasteiger partial charge is 0.386 e. The molecule has 0 radical (unpaired) electrons. The van der Waals surface area contributed by atoms with E-state index in [2.05, 4.69) is 15.1 Å². The highest BCUT2D eigenvalue weighted by atomic mass is 32.2. The Balaban J connectivity index is 1.95. The molecular formula is C14H13FN4O2S. The summed E-state index contributed by atoms with van der Waals surface area (Å²) < 4.78 is 14.4. The maximum atomic E-state index is 12.9. The number of halogens is 1. The maximum Gasteiger partial charge on any atom is 0.262 e. The topological polar surface area (TPSA) is 83.8 Å². The summed E-state index contributed by atoms with van der Waals surface area (Å²) in [5.41, 5.74) is 0.714. The van der Waals surface area contributed by atoms with Crippen LogP contribution in [0.4, 0.5) is 4.39 Å². The standard InChI is InChI=1S/C14H13FN4O2S/c1-22-14-17-12-10(13(21)18-14)6-16-19(12)7-11(20)8-2-4-9(15)5-3-8/h2-6,11,20H,7H2,1H3,(H,17,18,21). The van der Waals surface area contributed by atoms with E-state index in [4.69, 9.17) is 0 Å². The molecule has 2 heterocycles. The smallest absolute Gasteiger partial charge is 0.262 e. The molecule has 0 amide bonds. The lowest BCUT2D eigenvalue weighted by molar-refractivity contribution is 0.153. The van der Waals surface area contributed by atoms with Crippen LogP contribution in [0.25, 0.3) is 11.0 Å². The second-order valence-corrected chi connectivity index (χ2v) is 5.50. The molecule has 0 aliphatic heterocycles. The highest BCUT2D eigenvalue weighted by Crippen LogP contribution is 2.18. The van der Waals surface area contributed by atoms with Crippen LogP contribution in [0.3, 0.4) is 0 Å². The van der Waals surface area contributed by atoms with E-state index in [0.29, 0.717) is 21.8 Å². The first kappa shape index (κ1) is 14.7. The van der Waals surface area contributed by atoms with Gasteiger partial charge in [-0.25, -0.2) is 14.1 Å². The number of fused-ring (bicyclic) bond motifs is 1. The van der Waals surface area contributed by atoms with E-state index >= 15 is 0 Å². The van der Waals surface area contributed by atoms with E-state index in [1.54, 1.807) is 6.26 Å². The van der Waals surface area contributed by atoms with Gasteiger partial charge in [0.15, 0.2) is 10.8 Å². The fourth-order valence-electron chi connectivity index (χ4n) is 2.13. The molecule has 0 aliphatic carbocycles. The van der Waals surface area contributed by atoms with Crippen LogP contribution < -0.4 is 5.56 Å². The zero-order valence-electron chi connectivity index (χ0n) is 11.7. The van der Waals surface area contributed by atoms with Gasteiger partial charge in [0.2, 0.25) is 0 Å². The number of H-pyrrole nitrogens is 1. The number of nitrogens with zero attached hydrogens (tertiary/aromatic N) is 3. The van der Waals surface area contributed by atoms with Crippen molar-refractivity contribution in [2.24, 2.45) is 0 Å². The Bertz CT molecular complexity index is 859. The van der Waals surface area contributed by atoms with E-state index in [1.165, 1.54) is 46.9 Å². The van der Waals surface area contributed by atoms with Crippen LogP contribution in [0, 0.1) is 5.82 Å². The summed E-state index contributed by atoms with van der Waals surface area (Å²) >= 11 is 1.31. The first-order chi connectivity index (χ1) is 10.6. The average Bonchev–Trinajstić information content (AvgIpc) is 2.91. The Labute approximate surface area is 129 Å². The van der Waals surface area contributed by atoms with Crippen molar-refractivity contribution in [2.45, 2.75) is 17.8 Å². The van der Waals surface area contributed by atoms with Crippen LogP contribution in [0.15, 0.2) is 40.4 Å². The molecule has 0 saturated heterocycles. The van der Waals surface area contributed by atoms with Gasteiger partial charge in [0, 0.05) is 0 Å². The van der Waals surface area contributed by atoms with E-state index in [9.17, 15) is 14.3 Å². The van der Waals surface area contributed by atoms with Crippen molar-refractivity contribution in [3.63, 3.8) is 0 Å². The van der Waals surface area contributed by atoms with Crippen LogP contribution in [0.2, 0.25) is 0 Å². The molecule has 3 aromatic rings. The van der Waals surface area contributed by atoms with Gasteiger partial charge in [-0.05, 0) is 24.0 Å². The van der Waals surface area contributed by atoms with Gasteiger partial charge in [0.25, 0.3) is 5.56 Å². The summed E-state index contributed by atoms with van der Waals surface area (Å²) in [6.07, 6.45) is 2.35. The summed E-state index contributed by atoms with van der Waals surface area (Å²) in [6, 6.07) is 5.60. The molecule has 22 heavy (non-hydrogen) atoms. The lowest BCUT2D eigenvalue weighted by Gasteiger charge is -2.11. The molecule has 3 rings (SSSR count). The number of aromatic amines is 1. The van der Waals surface area contributed by atoms with Crippen molar-refractivity contribution in [2.75, 3.05) is 6.26 Å². The lowest BCUT2D eigenvalue weighted by atomic mass is 10.1. The van der Waals surface area contributed by atoms with Crippen LogP contribution in [-0.4, -0.2) is 31.1 Å². The van der Waals surface area contributed by atoms with Gasteiger partial charge >= 0.3 is 0 Å². The quantitative estimate of drug-likeness (QED) is 0.565. The Kier molecular flexibility index (Phi) is 3.95. The molecule has 0 spiro atoms. The molecule has 0 saturated carbocycles. The van der Waals surface area contributed by atoms with Crippen LogP contribution >= 0.6 is 11.8 Å². The third kappa shape index (κ3) is 2.75. The average molecular weight is 320 g/mol. The van der Waals surface area contributed by atoms with Gasteiger partial charge in [-0.2, -0.15) is 5.10 Å². The van der Waals surface area contributed by atoms with Crippen molar-refractivity contribution in [3.8, 4) is 0 Å². The van der Waals surface area contributed by atoms with Gasteiger partial charge < -0.3 is 10.1 Å². The number of thioether (sulfide) groups is 1. The molecule has 0 aliphatic rings. The van der Waals surface area contributed by atoms with Gasteiger partial charge in [-0.3, -0.25) is 4.79 Å². The number of hydrogen-bond donors (Lipinski definition) is 2. The molecule has 1 atom stereocenters. The third-order valence-corrected chi connectivity index (χ3v) is 3.86. The normalized spacial score (nSPS) is 12.7. The Morgan fingerprint density at radius 3 is 2.82 bits per heavy atom. The summed E-state index contributed by atoms with van der Waals surface area (Å²) in [7, 11) is 0. The zero-order valence-corrected chi connectivity index (χ0v) is 12.5. The summed E-state index contributed by atoms with van der Waals surface area (Å²) in [5.74, 6) is -0.363. The molecule has 2 aromatic heterocycles. The summed E-state index contributed by atoms with van der Waals surface area (Å²) in [5, 5.41) is 15.2.